The molecule has 1 heterocycles. The van der Waals surface area contributed by atoms with Crippen molar-refractivity contribution in [3.8, 4) is 0 Å². The van der Waals surface area contributed by atoms with Crippen molar-refractivity contribution in [2.75, 3.05) is 6.54 Å². The molecule has 1 aliphatic rings. The quantitative estimate of drug-likeness (QED) is 0.547. The first kappa shape index (κ1) is 8.04. The van der Waals surface area contributed by atoms with Gasteiger partial charge in [-0.25, -0.2) is 0 Å². The van der Waals surface area contributed by atoms with E-state index in [1.54, 1.807) is 0 Å². The third-order valence-corrected chi connectivity index (χ3v) is 2.01. The average molecular weight is 156 g/mol. The molecule has 1 fully saturated rings. The van der Waals surface area contributed by atoms with Gasteiger partial charge in [0.2, 0.25) is 12.3 Å². The van der Waals surface area contributed by atoms with E-state index < -0.39 is 5.91 Å². The average Bonchev–Trinajstić information content (AvgIpc) is 2.04. The van der Waals surface area contributed by atoms with E-state index in [2.05, 4.69) is 0 Å². The molecule has 11 heavy (non-hydrogen) atoms. The highest BCUT2D eigenvalue weighted by Crippen LogP contribution is 2.14. The fourth-order valence-electron chi connectivity index (χ4n) is 1.39. The predicted molar refractivity (Wildman–Crippen MR) is 39.6 cm³/mol. The van der Waals surface area contributed by atoms with E-state index in [4.69, 9.17) is 5.73 Å². The number of rotatable bonds is 2. The van der Waals surface area contributed by atoms with Gasteiger partial charge in [0.15, 0.2) is 0 Å². The first-order valence-corrected chi connectivity index (χ1v) is 3.76. The van der Waals surface area contributed by atoms with Crippen molar-refractivity contribution in [1.82, 2.24) is 4.90 Å². The molecule has 1 saturated heterocycles. The Balaban J connectivity index is 2.58. The lowest BCUT2D eigenvalue weighted by atomic mass is 10.0. The maximum Gasteiger partial charge on any atom is 0.240 e. The van der Waals surface area contributed by atoms with Gasteiger partial charge in [0.1, 0.15) is 6.04 Å². The summed E-state index contributed by atoms with van der Waals surface area (Å²) in [5.41, 5.74) is 5.09. The summed E-state index contributed by atoms with van der Waals surface area (Å²) in [6.45, 7) is 0.664. The molecule has 0 bridgehead atoms. The van der Waals surface area contributed by atoms with Crippen LogP contribution in [0.2, 0.25) is 0 Å². The monoisotopic (exact) mass is 156 g/mol. The number of primary amides is 1. The van der Waals surface area contributed by atoms with Gasteiger partial charge in [0.25, 0.3) is 0 Å². The molecule has 0 unspecified atom stereocenters. The predicted octanol–water partition coefficient (Wildman–Crippen LogP) is -0.517. The van der Waals surface area contributed by atoms with Crippen LogP contribution in [0.3, 0.4) is 0 Å². The largest absolute Gasteiger partial charge is 0.368 e. The van der Waals surface area contributed by atoms with Gasteiger partial charge in [-0.1, -0.05) is 0 Å². The molecule has 0 aromatic rings. The highest BCUT2D eigenvalue weighted by atomic mass is 16.2. The van der Waals surface area contributed by atoms with Gasteiger partial charge in [-0.2, -0.15) is 0 Å². The van der Waals surface area contributed by atoms with Gasteiger partial charge < -0.3 is 10.6 Å². The van der Waals surface area contributed by atoms with Gasteiger partial charge in [-0.15, -0.1) is 0 Å². The Morgan fingerprint density at radius 2 is 2.27 bits per heavy atom. The Labute approximate surface area is 65.3 Å². The molecule has 0 aromatic heterocycles. The number of nitrogens with two attached hydrogens (primary N) is 1. The van der Waals surface area contributed by atoms with Crippen LogP contribution in [0.15, 0.2) is 0 Å². The number of carbonyl (C=O) groups is 2. The van der Waals surface area contributed by atoms with Crippen molar-refractivity contribution in [2.24, 2.45) is 5.73 Å². The summed E-state index contributed by atoms with van der Waals surface area (Å²) in [5.74, 6) is -0.392. The summed E-state index contributed by atoms with van der Waals surface area (Å²) in [6.07, 6.45) is 3.38. The first-order chi connectivity index (χ1) is 5.25. The molecule has 1 rings (SSSR count). The second-order valence-corrected chi connectivity index (χ2v) is 2.76. The van der Waals surface area contributed by atoms with E-state index in [0.29, 0.717) is 19.4 Å². The maximum absolute atomic E-state index is 10.7. The van der Waals surface area contributed by atoms with Gasteiger partial charge in [-0.3, -0.25) is 9.59 Å². The Kier molecular flexibility index (Phi) is 2.46. The van der Waals surface area contributed by atoms with Gasteiger partial charge in [0, 0.05) is 6.54 Å². The minimum atomic E-state index is -0.392. The van der Waals surface area contributed by atoms with Gasteiger partial charge >= 0.3 is 0 Å². The molecule has 1 atom stereocenters. The second kappa shape index (κ2) is 3.37. The smallest absolute Gasteiger partial charge is 0.240 e. The SMILES string of the molecule is NC(=O)[C@@H]1CCCCN1C=O. The van der Waals surface area contributed by atoms with Crippen molar-refractivity contribution in [2.45, 2.75) is 25.3 Å². The molecular weight excluding hydrogens is 144 g/mol. The third-order valence-electron chi connectivity index (χ3n) is 2.01. The Morgan fingerprint density at radius 3 is 2.73 bits per heavy atom. The zero-order chi connectivity index (χ0) is 8.27. The van der Waals surface area contributed by atoms with E-state index >= 15 is 0 Å². The molecule has 2 N–H and O–H groups in total. The van der Waals surface area contributed by atoms with Gasteiger partial charge in [0.05, 0.1) is 0 Å². The lowest BCUT2D eigenvalue weighted by Gasteiger charge is -2.29. The molecule has 4 heteroatoms. The molecule has 0 saturated carbocycles. The molecular formula is C7H12N2O2. The van der Waals surface area contributed by atoms with Crippen LogP contribution in [0.1, 0.15) is 19.3 Å². The van der Waals surface area contributed by atoms with E-state index in [9.17, 15) is 9.59 Å². The van der Waals surface area contributed by atoms with Crippen LogP contribution in [-0.2, 0) is 9.59 Å². The number of piperidine rings is 1. The number of carbonyl (C=O) groups excluding carboxylic acids is 2. The maximum atomic E-state index is 10.7. The fourth-order valence-corrected chi connectivity index (χ4v) is 1.39. The summed E-state index contributed by atoms with van der Waals surface area (Å²) in [7, 11) is 0. The molecule has 1 aliphatic heterocycles. The van der Waals surface area contributed by atoms with Crippen LogP contribution >= 0.6 is 0 Å². The number of hydrogen-bond acceptors (Lipinski definition) is 2. The summed E-state index contributed by atoms with van der Waals surface area (Å²) in [4.78, 5) is 22.6. The zero-order valence-corrected chi connectivity index (χ0v) is 6.32. The number of nitrogens with zero attached hydrogens (tertiary/aromatic N) is 1. The van der Waals surface area contributed by atoms with Crippen molar-refractivity contribution in [3.05, 3.63) is 0 Å². The van der Waals surface area contributed by atoms with Crippen LogP contribution < -0.4 is 5.73 Å². The van der Waals surface area contributed by atoms with Crippen LogP contribution in [0.25, 0.3) is 0 Å². The van der Waals surface area contributed by atoms with E-state index in [0.717, 1.165) is 12.8 Å². The molecule has 2 amide bonds. The minimum absolute atomic E-state index is 0.360. The lowest BCUT2D eigenvalue weighted by Crippen LogP contribution is -2.46. The highest BCUT2D eigenvalue weighted by molar-refractivity contribution is 5.82. The fraction of sp³-hybridized carbons (Fsp3) is 0.714. The summed E-state index contributed by atoms with van der Waals surface area (Å²) in [5, 5.41) is 0. The van der Waals surface area contributed by atoms with Crippen molar-refractivity contribution < 1.29 is 9.59 Å². The topological polar surface area (TPSA) is 63.4 Å². The molecule has 0 aromatic carbocycles. The standard InChI is InChI=1S/C7H12N2O2/c8-7(11)6-3-1-2-4-9(6)5-10/h5-6H,1-4H2,(H2,8,11)/t6-/m0/s1. The van der Waals surface area contributed by atoms with E-state index in [1.807, 2.05) is 0 Å². The molecule has 0 radical (unpaired) electrons. The Morgan fingerprint density at radius 1 is 1.55 bits per heavy atom. The molecule has 4 nitrogen and oxygen atoms in total. The summed E-state index contributed by atoms with van der Waals surface area (Å²) >= 11 is 0. The van der Waals surface area contributed by atoms with E-state index in [-0.39, 0.29) is 6.04 Å². The highest BCUT2D eigenvalue weighted by Gasteiger charge is 2.24. The zero-order valence-electron chi connectivity index (χ0n) is 6.32. The van der Waals surface area contributed by atoms with Crippen LogP contribution in [0.4, 0.5) is 0 Å². The first-order valence-electron chi connectivity index (χ1n) is 3.76. The normalized spacial score (nSPS) is 24.7. The number of amides is 2. The number of hydrogen-bond donors (Lipinski definition) is 1. The number of likely N-dealkylation sites (tertiary alicyclic amines) is 1. The summed E-state index contributed by atoms with van der Waals surface area (Å²) < 4.78 is 0. The molecule has 0 aliphatic carbocycles. The van der Waals surface area contributed by atoms with Crippen molar-refractivity contribution >= 4 is 12.3 Å². The van der Waals surface area contributed by atoms with Crippen molar-refractivity contribution in [3.63, 3.8) is 0 Å². The molecule has 62 valence electrons. The van der Waals surface area contributed by atoms with Crippen molar-refractivity contribution in [1.29, 1.82) is 0 Å². The second-order valence-electron chi connectivity index (χ2n) is 2.76. The Hall–Kier alpha value is -1.06. The van der Waals surface area contributed by atoms with Gasteiger partial charge in [-0.05, 0) is 19.3 Å². The van der Waals surface area contributed by atoms with Crippen LogP contribution in [0, 0.1) is 0 Å². The van der Waals surface area contributed by atoms with E-state index in [1.165, 1.54) is 4.90 Å². The summed E-state index contributed by atoms with van der Waals surface area (Å²) in [6, 6.07) is -0.360. The van der Waals surface area contributed by atoms with Crippen LogP contribution in [0.5, 0.6) is 0 Å². The van der Waals surface area contributed by atoms with Crippen LogP contribution in [-0.4, -0.2) is 29.8 Å². The molecule has 0 spiro atoms. The lowest BCUT2D eigenvalue weighted by molar-refractivity contribution is -0.132. The Bertz CT molecular complexity index is 170. The third kappa shape index (κ3) is 1.69. The minimum Gasteiger partial charge on any atom is -0.368 e.